The summed E-state index contributed by atoms with van der Waals surface area (Å²) in [5.74, 6) is -3.83. The number of carbonyl (C=O) groups is 5. The number of benzene rings is 1. The number of para-hydroxylation sites is 1. The van der Waals surface area contributed by atoms with E-state index in [1.165, 1.54) is 4.90 Å². The molecule has 0 saturated carbocycles. The number of ether oxygens (including phenoxy) is 1. The summed E-state index contributed by atoms with van der Waals surface area (Å²) in [5.41, 5.74) is 0. The molecule has 0 aliphatic carbocycles. The molecule has 0 heterocycles. The van der Waals surface area contributed by atoms with Crippen LogP contribution in [0.3, 0.4) is 0 Å². The highest BCUT2D eigenvalue weighted by atomic mass is 16.5. The molecule has 0 spiro atoms. The van der Waals surface area contributed by atoms with Gasteiger partial charge in [-0.15, -0.1) is 0 Å². The zero-order chi connectivity index (χ0) is 24.1. The van der Waals surface area contributed by atoms with Crippen LogP contribution in [0.25, 0.3) is 0 Å². The fourth-order valence-corrected chi connectivity index (χ4v) is 2.94. The maximum absolute atomic E-state index is 12.9. The molecule has 3 N–H and O–H groups in total. The van der Waals surface area contributed by atoms with E-state index in [0.29, 0.717) is 12.0 Å². The van der Waals surface area contributed by atoms with Gasteiger partial charge in [-0.25, -0.2) is 0 Å². The van der Waals surface area contributed by atoms with E-state index in [1.54, 1.807) is 38.1 Å². The summed E-state index contributed by atoms with van der Waals surface area (Å²) in [6.07, 6.45) is -0.699. The van der Waals surface area contributed by atoms with Crippen molar-refractivity contribution in [3.8, 4) is 5.75 Å². The Bertz CT molecular complexity index is 781. The van der Waals surface area contributed by atoms with Crippen molar-refractivity contribution < 1.29 is 38.9 Å². The molecule has 10 nitrogen and oxygen atoms in total. The van der Waals surface area contributed by atoms with Crippen LogP contribution in [0.1, 0.15) is 33.1 Å². The van der Waals surface area contributed by atoms with E-state index < -0.39 is 42.1 Å². The summed E-state index contributed by atoms with van der Waals surface area (Å²) >= 11 is 0. The van der Waals surface area contributed by atoms with Gasteiger partial charge in [-0.2, -0.15) is 0 Å². The number of aldehydes is 1. The third-order valence-electron chi connectivity index (χ3n) is 4.74. The Labute approximate surface area is 186 Å². The van der Waals surface area contributed by atoms with E-state index >= 15 is 0 Å². The Hall–Kier alpha value is -3.43. The Morgan fingerprint density at radius 3 is 2.22 bits per heavy atom. The molecule has 0 radical (unpaired) electrons. The van der Waals surface area contributed by atoms with Crippen LogP contribution in [0.2, 0.25) is 0 Å². The van der Waals surface area contributed by atoms with Crippen LogP contribution in [0.5, 0.6) is 5.75 Å². The first-order valence-corrected chi connectivity index (χ1v) is 10.3. The molecule has 32 heavy (non-hydrogen) atoms. The topological polar surface area (TPSA) is 150 Å². The highest BCUT2D eigenvalue weighted by Crippen LogP contribution is 2.18. The number of amides is 2. The quantitative estimate of drug-likeness (QED) is 0.337. The smallest absolute Gasteiger partial charge is 0.305 e. The monoisotopic (exact) mass is 450 g/mol. The third kappa shape index (κ3) is 10.1. The lowest BCUT2D eigenvalue weighted by molar-refractivity contribution is -0.142. The fraction of sp³-hybridized carbons (Fsp3) is 0.500. The van der Waals surface area contributed by atoms with Crippen LogP contribution in [0.15, 0.2) is 30.3 Å². The average Bonchev–Trinajstić information content (AvgIpc) is 2.73. The maximum atomic E-state index is 12.9. The minimum Gasteiger partial charge on any atom is -0.492 e. The van der Waals surface area contributed by atoms with Crippen molar-refractivity contribution in [1.29, 1.82) is 0 Å². The lowest BCUT2D eigenvalue weighted by Crippen LogP contribution is -2.45. The van der Waals surface area contributed by atoms with Gasteiger partial charge in [-0.3, -0.25) is 19.2 Å². The molecule has 0 bridgehead atoms. The van der Waals surface area contributed by atoms with Crippen LogP contribution in [0, 0.1) is 11.8 Å². The van der Waals surface area contributed by atoms with E-state index in [9.17, 15) is 24.0 Å². The number of hydrogen-bond acceptors (Lipinski definition) is 6. The van der Waals surface area contributed by atoms with E-state index in [4.69, 9.17) is 14.9 Å². The van der Waals surface area contributed by atoms with Gasteiger partial charge in [0, 0.05) is 18.9 Å². The van der Waals surface area contributed by atoms with Gasteiger partial charge in [-0.1, -0.05) is 32.0 Å². The number of rotatable bonds is 15. The number of aliphatic carboxylic acids is 2. The van der Waals surface area contributed by atoms with Crippen LogP contribution in [-0.4, -0.2) is 70.9 Å². The van der Waals surface area contributed by atoms with Gasteiger partial charge in [-0.05, 0) is 18.1 Å². The first-order chi connectivity index (χ1) is 15.1. The molecule has 176 valence electrons. The van der Waals surface area contributed by atoms with Crippen LogP contribution < -0.4 is 10.1 Å². The molecule has 2 amide bonds. The van der Waals surface area contributed by atoms with Crippen molar-refractivity contribution in [2.24, 2.45) is 11.8 Å². The number of carbonyl (C=O) groups excluding carboxylic acids is 3. The maximum Gasteiger partial charge on any atom is 0.305 e. The van der Waals surface area contributed by atoms with Crippen molar-refractivity contribution in [1.82, 2.24) is 10.2 Å². The highest BCUT2D eigenvalue weighted by molar-refractivity contribution is 5.88. The van der Waals surface area contributed by atoms with Crippen LogP contribution >= 0.6 is 0 Å². The zero-order valence-electron chi connectivity index (χ0n) is 18.2. The Morgan fingerprint density at radius 1 is 1.03 bits per heavy atom. The number of carboxylic acid groups (broad SMARTS) is 2. The highest BCUT2D eigenvalue weighted by Gasteiger charge is 2.29. The SMILES string of the molecule is CC(C)[C@H](CC(=O)N(CCOc1ccccc1)CCC(=O)O)C(=O)N[C@H](C=O)CC(=O)O. The van der Waals surface area contributed by atoms with Crippen molar-refractivity contribution in [2.45, 2.75) is 39.2 Å². The minimum atomic E-state index is -1.24. The van der Waals surface area contributed by atoms with Crippen LogP contribution in [-0.2, 0) is 24.0 Å². The van der Waals surface area contributed by atoms with E-state index in [-0.39, 0.29) is 38.5 Å². The molecule has 2 atom stereocenters. The lowest BCUT2D eigenvalue weighted by Gasteiger charge is -2.26. The van der Waals surface area contributed by atoms with Gasteiger partial charge in [0.2, 0.25) is 11.8 Å². The molecule has 0 aliphatic rings. The standard InChI is InChI=1S/C22H30N2O8/c1-15(2)18(22(31)23-16(14-25)12-21(29)30)13-19(26)24(9-8-20(27)28)10-11-32-17-6-4-3-5-7-17/h3-7,14-16,18H,8-13H2,1-2H3,(H,23,31)(H,27,28)(H,29,30)/t16-,18-/m0/s1. The summed E-state index contributed by atoms with van der Waals surface area (Å²) in [6.45, 7) is 3.67. The van der Waals surface area contributed by atoms with Crippen molar-refractivity contribution >= 4 is 30.0 Å². The largest absolute Gasteiger partial charge is 0.492 e. The predicted octanol–water partition coefficient (Wildman–Crippen LogP) is 1.19. The molecule has 0 aliphatic heterocycles. The predicted molar refractivity (Wildman–Crippen MR) is 114 cm³/mol. The van der Waals surface area contributed by atoms with E-state index in [2.05, 4.69) is 5.32 Å². The van der Waals surface area contributed by atoms with E-state index in [0.717, 1.165) is 0 Å². The number of carboxylic acids is 2. The van der Waals surface area contributed by atoms with Gasteiger partial charge in [0.05, 0.1) is 25.4 Å². The molecule has 0 fully saturated rings. The Kier molecular flexibility index (Phi) is 11.5. The van der Waals surface area contributed by atoms with Crippen molar-refractivity contribution in [3.05, 3.63) is 30.3 Å². The molecular weight excluding hydrogens is 420 g/mol. The zero-order valence-corrected chi connectivity index (χ0v) is 18.2. The number of nitrogens with zero attached hydrogens (tertiary/aromatic N) is 1. The molecule has 1 rings (SSSR count). The Morgan fingerprint density at radius 2 is 1.69 bits per heavy atom. The minimum absolute atomic E-state index is 0.0469. The van der Waals surface area contributed by atoms with Crippen LogP contribution in [0.4, 0.5) is 0 Å². The summed E-state index contributed by atoms with van der Waals surface area (Å²) in [6, 6.07) is 7.74. The first-order valence-electron chi connectivity index (χ1n) is 10.3. The second-order valence-electron chi connectivity index (χ2n) is 7.59. The van der Waals surface area contributed by atoms with Gasteiger partial charge in [0.1, 0.15) is 18.6 Å². The number of hydrogen-bond donors (Lipinski definition) is 3. The first kappa shape index (κ1) is 26.6. The second-order valence-corrected chi connectivity index (χ2v) is 7.59. The lowest BCUT2D eigenvalue weighted by atomic mass is 9.90. The molecule has 0 saturated heterocycles. The Balaban J connectivity index is 2.80. The average molecular weight is 450 g/mol. The normalized spacial score (nSPS) is 12.5. The molecular formula is C22H30N2O8. The summed E-state index contributed by atoms with van der Waals surface area (Å²) in [4.78, 5) is 59.7. The van der Waals surface area contributed by atoms with Gasteiger partial charge in [0.15, 0.2) is 0 Å². The fourth-order valence-electron chi connectivity index (χ4n) is 2.94. The van der Waals surface area contributed by atoms with Gasteiger partial charge < -0.3 is 30.0 Å². The molecule has 1 aromatic carbocycles. The third-order valence-corrected chi connectivity index (χ3v) is 4.74. The van der Waals surface area contributed by atoms with Crippen molar-refractivity contribution in [2.75, 3.05) is 19.7 Å². The summed E-state index contributed by atoms with van der Waals surface area (Å²) in [7, 11) is 0. The number of nitrogens with one attached hydrogen (secondary N) is 1. The molecule has 0 aromatic heterocycles. The molecule has 0 unspecified atom stereocenters. The molecule has 10 heteroatoms. The van der Waals surface area contributed by atoms with Gasteiger partial charge in [0.25, 0.3) is 0 Å². The van der Waals surface area contributed by atoms with Crippen molar-refractivity contribution in [3.63, 3.8) is 0 Å². The second kappa shape index (κ2) is 13.8. The summed E-state index contributed by atoms with van der Waals surface area (Å²) in [5, 5.41) is 20.2. The van der Waals surface area contributed by atoms with E-state index in [1.807, 2.05) is 6.07 Å². The summed E-state index contributed by atoms with van der Waals surface area (Å²) < 4.78 is 5.58. The van der Waals surface area contributed by atoms with Gasteiger partial charge >= 0.3 is 11.9 Å². The molecule has 1 aromatic rings.